The van der Waals surface area contributed by atoms with Crippen molar-refractivity contribution in [3.8, 4) is 0 Å². The Bertz CT molecular complexity index is 1510. The summed E-state index contributed by atoms with van der Waals surface area (Å²) in [4.78, 5) is 1.81. The zero-order chi connectivity index (χ0) is 30.1. The van der Waals surface area contributed by atoms with Gasteiger partial charge in [-0.3, -0.25) is 0 Å². The monoisotopic (exact) mass is 631 g/mol. The molecule has 41 heavy (non-hydrogen) atoms. The fourth-order valence-electron chi connectivity index (χ4n) is 4.75. The number of aliphatic hydroxyl groups is 1. The number of nitrogens with zero attached hydrogens (tertiary/aromatic N) is 3. The molecule has 1 fully saturated rings. The van der Waals surface area contributed by atoms with Gasteiger partial charge in [0.2, 0.25) is 10.0 Å². The molecule has 2 atom stereocenters. The Morgan fingerprint density at radius 3 is 2.20 bits per heavy atom. The van der Waals surface area contributed by atoms with Crippen LogP contribution in [0.4, 0.5) is 18.9 Å². The second kappa shape index (κ2) is 12.0. The summed E-state index contributed by atoms with van der Waals surface area (Å²) in [5.41, 5.74) is -1.97. The van der Waals surface area contributed by atoms with E-state index in [9.17, 15) is 35.1 Å². The van der Waals surface area contributed by atoms with Crippen LogP contribution in [0.1, 0.15) is 18.1 Å². The maximum Gasteiger partial charge on any atom is 0.421 e. The third-order valence-electron chi connectivity index (χ3n) is 7.22. The second-order valence-electron chi connectivity index (χ2n) is 10.1. The SMILES string of the molecule is CC(O)(c1ccc(N2CCN(S(=O)(=O)c3cccs3)C[C@H]2CN(CCc2ccccc2)S(C)(=O)=O)cc1)C(F)(F)F. The summed E-state index contributed by atoms with van der Waals surface area (Å²) in [6.07, 6.45) is -3.34. The van der Waals surface area contributed by atoms with E-state index in [4.69, 9.17) is 0 Å². The quantitative estimate of drug-likeness (QED) is 0.365. The lowest BCUT2D eigenvalue weighted by molar-refractivity contribution is -0.258. The number of sulfonamides is 2. The number of hydrogen-bond donors (Lipinski definition) is 1. The lowest BCUT2D eigenvalue weighted by Gasteiger charge is -2.43. The molecule has 14 heteroatoms. The van der Waals surface area contributed by atoms with E-state index in [2.05, 4.69) is 0 Å². The first kappa shape index (κ1) is 31.4. The van der Waals surface area contributed by atoms with Crippen LogP contribution in [0.5, 0.6) is 0 Å². The first-order valence-corrected chi connectivity index (χ1v) is 17.0. The highest BCUT2D eigenvalue weighted by atomic mass is 32.2. The Morgan fingerprint density at radius 2 is 1.63 bits per heavy atom. The molecule has 1 aliphatic heterocycles. The number of hydrogen-bond acceptors (Lipinski definition) is 7. The van der Waals surface area contributed by atoms with Gasteiger partial charge in [0.1, 0.15) is 4.21 Å². The minimum atomic E-state index is -4.88. The first-order chi connectivity index (χ1) is 19.1. The van der Waals surface area contributed by atoms with Crippen molar-refractivity contribution in [2.24, 2.45) is 0 Å². The zero-order valence-electron chi connectivity index (χ0n) is 22.5. The molecule has 0 amide bonds. The van der Waals surface area contributed by atoms with Crippen molar-refractivity contribution in [1.29, 1.82) is 0 Å². The number of piperazine rings is 1. The maximum absolute atomic E-state index is 13.4. The Kier molecular flexibility index (Phi) is 9.21. The van der Waals surface area contributed by atoms with Gasteiger partial charge in [-0.1, -0.05) is 48.5 Å². The molecular formula is C27H32F3N3O5S3. The number of alkyl halides is 3. The summed E-state index contributed by atoms with van der Waals surface area (Å²) >= 11 is 1.09. The van der Waals surface area contributed by atoms with Gasteiger partial charge >= 0.3 is 6.18 Å². The van der Waals surface area contributed by atoms with Crippen LogP contribution in [-0.2, 0) is 32.1 Å². The summed E-state index contributed by atoms with van der Waals surface area (Å²) in [6.45, 7) is 1.06. The Hall–Kier alpha value is -2.49. The molecule has 3 aromatic rings. The van der Waals surface area contributed by atoms with E-state index in [1.54, 1.807) is 11.4 Å². The predicted octanol–water partition coefficient (Wildman–Crippen LogP) is 3.90. The fraction of sp³-hybridized carbons (Fsp3) is 0.407. The zero-order valence-corrected chi connectivity index (χ0v) is 25.0. The molecule has 0 aliphatic carbocycles. The lowest BCUT2D eigenvalue weighted by atomic mass is 9.95. The van der Waals surface area contributed by atoms with Crippen LogP contribution >= 0.6 is 11.3 Å². The second-order valence-corrected chi connectivity index (χ2v) is 15.2. The lowest BCUT2D eigenvalue weighted by Crippen LogP contribution is -2.59. The molecule has 0 spiro atoms. The van der Waals surface area contributed by atoms with E-state index in [-0.39, 0.29) is 42.5 Å². The number of thiophene rings is 1. The highest BCUT2D eigenvalue weighted by molar-refractivity contribution is 7.91. The summed E-state index contributed by atoms with van der Waals surface area (Å²) in [7, 11) is -7.52. The molecule has 1 N–H and O–H groups in total. The van der Waals surface area contributed by atoms with Gasteiger partial charge in [0.25, 0.3) is 10.0 Å². The van der Waals surface area contributed by atoms with Crippen LogP contribution in [0, 0.1) is 0 Å². The van der Waals surface area contributed by atoms with Crippen molar-refractivity contribution < 1.29 is 35.1 Å². The van der Waals surface area contributed by atoms with Crippen molar-refractivity contribution in [2.75, 3.05) is 43.9 Å². The molecule has 1 unspecified atom stereocenters. The van der Waals surface area contributed by atoms with Gasteiger partial charge in [-0.15, -0.1) is 11.3 Å². The normalized spacial score (nSPS) is 18.9. The summed E-state index contributed by atoms with van der Waals surface area (Å²) in [5.74, 6) is 0. The third-order valence-corrected chi connectivity index (χ3v) is 11.7. The van der Waals surface area contributed by atoms with E-state index in [1.165, 1.54) is 38.9 Å². The van der Waals surface area contributed by atoms with Crippen molar-refractivity contribution in [3.63, 3.8) is 0 Å². The fourth-order valence-corrected chi connectivity index (χ4v) is 8.22. The average molecular weight is 632 g/mol. The molecule has 8 nitrogen and oxygen atoms in total. The van der Waals surface area contributed by atoms with Gasteiger partial charge in [0.15, 0.2) is 5.60 Å². The molecule has 1 aliphatic rings. The molecular weight excluding hydrogens is 600 g/mol. The number of rotatable bonds is 10. The third kappa shape index (κ3) is 7.12. The molecule has 1 aromatic heterocycles. The van der Waals surface area contributed by atoms with Crippen LogP contribution in [0.2, 0.25) is 0 Å². The van der Waals surface area contributed by atoms with Crippen molar-refractivity contribution >= 4 is 37.1 Å². The van der Waals surface area contributed by atoms with Crippen LogP contribution < -0.4 is 4.90 Å². The average Bonchev–Trinajstić information content (AvgIpc) is 3.46. The molecule has 0 saturated carbocycles. The van der Waals surface area contributed by atoms with Crippen molar-refractivity contribution in [1.82, 2.24) is 8.61 Å². The highest BCUT2D eigenvalue weighted by Gasteiger charge is 2.51. The maximum atomic E-state index is 13.4. The standard InChI is InChI=1S/C27H32F3N3O5S3/c1-26(34,27(28,29)30)22-10-12-23(13-11-22)33-17-16-32(41(37,38)25-9-6-18-39-25)20-24(33)19-31(40(2,35)36)15-14-21-7-4-3-5-8-21/h3-13,18,24,34H,14-17,19-20H2,1-2H3/t24-,26?/m1/s1. The Morgan fingerprint density at radius 1 is 0.976 bits per heavy atom. The van der Waals surface area contributed by atoms with Gasteiger partial charge in [-0.2, -0.15) is 21.8 Å². The predicted molar refractivity (Wildman–Crippen MR) is 153 cm³/mol. The molecule has 2 aromatic carbocycles. The minimum absolute atomic E-state index is 0.0282. The van der Waals surface area contributed by atoms with Crippen LogP contribution in [0.3, 0.4) is 0 Å². The van der Waals surface area contributed by atoms with Gasteiger partial charge in [0, 0.05) is 38.4 Å². The number of halogens is 3. The smallest absolute Gasteiger partial charge is 0.376 e. The summed E-state index contributed by atoms with van der Waals surface area (Å²) in [5, 5.41) is 11.7. The topological polar surface area (TPSA) is 98.2 Å². The van der Waals surface area contributed by atoms with E-state index < -0.39 is 37.9 Å². The molecule has 4 rings (SSSR count). The van der Waals surface area contributed by atoms with E-state index in [1.807, 2.05) is 35.2 Å². The minimum Gasteiger partial charge on any atom is -0.376 e. The number of anilines is 1. The van der Waals surface area contributed by atoms with Gasteiger partial charge < -0.3 is 10.0 Å². The van der Waals surface area contributed by atoms with Gasteiger partial charge in [-0.05, 0) is 48.1 Å². The Balaban J connectivity index is 1.64. The van der Waals surface area contributed by atoms with E-state index in [0.717, 1.165) is 23.2 Å². The first-order valence-electron chi connectivity index (χ1n) is 12.8. The van der Waals surface area contributed by atoms with Crippen molar-refractivity contribution in [2.45, 2.75) is 35.4 Å². The molecule has 1 saturated heterocycles. The van der Waals surface area contributed by atoms with Crippen LogP contribution in [0.15, 0.2) is 76.3 Å². The van der Waals surface area contributed by atoms with Gasteiger partial charge in [-0.25, -0.2) is 16.8 Å². The summed E-state index contributed by atoms with van der Waals surface area (Å²) in [6, 6.07) is 17.1. The Labute approximate surface area is 242 Å². The molecule has 224 valence electrons. The molecule has 0 bridgehead atoms. The number of benzene rings is 2. The molecule has 0 radical (unpaired) electrons. The van der Waals surface area contributed by atoms with Crippen molar-refractivity contribution in [3.05, 3.63) is 83.2 Å². The van der Waals surface area contributed by atoms with E-state index in [0.29, 0.717) is 19.0 Å². The van der Waals surface area contributed by atoms with Crippen LogP contribution in [0.25, 0.3) is 0 Å². The van der Waals surface area contributed by atoms with E-state index >= 15 is 0 Å². The van der Waals surface area contributed by atoms with Crippen LogP contribution in [-0.4, -0.2) is 81.8 Å². The summed E-state index contributed by atoms with van der Waals surface area (Å²) < 4.78 is 95.2. The van der Waals surface area contributed by atoms with Gasteiger partial charge in [0.05, 0.1) is 12.3 Å². The molecule has 2 heterocycles. The highest BCUT2D eigenvalue weighted by Crippen LogP contribution is 2.39. The largest absolute Gasteiger partial charge is 0.421 e.